The van der Waals surface area contributed by atoms with Crippen LogP contribution in [0.2, 0.25) is 0 Å². The van der Waals surface area contributed by atoms with Crippen LogP contribution in [0.25, 0.3) is 0 Å². The van der Waals surface area contributed by atoms with Gasteiger partial charge in [0.15, 0.2) is 0 Å². The minimum Gasteiger partial charge on any atom is -0.496 e. The van der Waals surface area contributed by atoms with Gasteiger partial charge in [0.05, 0.1) is 19.3 Å². The lowest BCUT2D eigenvalue weighted by molar-refractivity contribution is -0.0874. The normalized spacial score (nSPS) is 14.9. The Hall–Kier alpha value is -0.580. The summed E-state index contributed by atoms with van der Waals surface area (Å²) >= 11 is 3.45. The number of methoxy groups -OCH3 is 1. The van der Waals surface area contributed by atoms with Gasteiger partial charge in [-0.1, -0.05) is 36.7 Å². The van der Waals surface area contributed by atoms with Crippen molar-refractivity contribution < 1.29 is 14.6 Å². The summed E-state index contributed by atoms with van der Waals surface area (Å²) in [5.74, 6) is 0.788. The number of benzene rings is 1. The monoisotopic (exact) mass is 344 g/mol. The first-order valence-corrected chi connectivity index (χ1v) is 7.71. The van der Waals surface area contributed by atoms with Gasteiger partial charge >= 0.3 is 0 Å². The van der Waals surface area contributed by atoms with Crippen LogP contribution in [0, 0.1) is 5.41 Å². The Balaban J connectivity index is 2.93. The molecule has 3 nitrogen and oxygen atoms in total. The molecule has 0 aliphatic heterocycles. The van der Waals surface area contributed by atoms with E-state index in [2.05, 4.69) is 36.7 Å². The second-order valence-corrected chi connectivity index (χ2v) is 6.89. The molecule has 1 rings (SSSR count). The summed E-state index contributed by atoms with van der Waals surface area (Å²) < 4.78 is 12.1. The van der Waals surface area contributed by atoms with E-state index >= 15 is 0 Å². The van der Waals surface area contributed by atoms with Crippen molar-refractivity contribution >= 4 is 15.9 Å². The van der Waals surface area contributed by atoms with Crippen LogP contribution < -0.4 is 4.74 Å². The number of rotatable bonds is 6. The zero-order valence-corrected chi connectivity index (χ0v) is 14.5. The van der Waals surface area contributed by atoms with Crippen molar-refractivity contribution in [1.29, 1.82) is 0 Å². The Labute approximate surface area is 130 Å². The van der Waals surface area contributed by atoms with Crippen LogP contribution >= 0.6 is 15.9 Å². The summed E-state index contributed by atoms with van der Waals surface area (Å²) in [5.41, 5.74) is 0.859. The summed E-state index contributed by atoms with van der Waals surface area (Å²) in [7, 11) is 1.64. The van der Waals surface area contributed by atoms with Gasteiger partial charge < -0.3 is 14.6 Å². The van der Waals surface area contributed by atoms with Gasteiger partial charge in [-0.25, -0.2) is 0 Å². The average molecular weight is 345 g/mol. The summed E-state index contributed by atoms with van der Waals surface area (Å²) in [6.07, 6.45) is -0.279. The van der Waals surface area contributed by atoms with Gasteiger partial charge in [-0.2, -0.15) is 0 Å². The van der Waals surface area contributed by atoms with E-state index in [4.69, 9.17) is 9.47 Å². The quantitative estimate of drug-likeness (QED) is 0.852. The Morgan fingerprint density at radius 1 is 1.30 bits per heavy atom. The maximum Gasteiger partial charge on any atom is 0.122 e. The molecule has 0 saturated carbocycles. The zero-order valence-electron chi connectivity index (χ0n) is 12.9. The maximum atomic E-state index is 10.5. The molecule has 0 bridgehead atoms. The molecule has 0 amide bonds. The molecule has 0 radical (unpaired) electrons. The number of ether oxygens (including phenoxy) is 2. The molecular weight excluding hydrogens is 320 g/mol. The van der Waals surface area contributed by atoms with E-state index in [1.165, 1.54) is 0 Å². The standard InChI is InChI=1S/C16H25BrO3/c1-6-20-15(16(2,3)4)13(18)10-11-9-12(17)7-8-14(11)19-5/h7-9,13,15,18H,6,10H2,1-5H3. The largest absolute Gasteiger partial charge is 0.496 e. The van der Waals surface area contributed by atoms with Gasteiger partial charge in [0, 0.05) is 17.5 Å². The van der Waals surface area contributed by atoms with Crippen molar-refractivity contribution in [2.24, 2.45) is 5.41 Å². The Morgan fingerprint density at radius 3 is 2.45 bits per heavy atom. The number of aliphatic hydroxyl groups excluding tert-OH is 1. The average Bonchev–Trinajstić information content (AvgIpc) is 2.34. The maximum absolute atomic E-state index is 10.5. The van der Waals surface area contributed by atoms with Gasteiger partial charge in [-0.05, 0) is 36.1 Å². The predicted molar refractivity (Wildman–Crippen MR) is 85.3 cm³/mol. The molecule has 0 aromatic heterocycles. The lowest BCUT2D eigenvalue weighted by Gasteiger charge is -2.34. The number of hydrogen-bond donors (Lipinski definition) is 1. The molecule has 0 spiro atoms. The van der Waals surface area contributed by atoms with E-state index < -0.39 is 6.10 Å². The minimum absolute atomic E-state index is 0.116. The van der Waals surface area contributed by atoms with Crippen molar-refractivity contribution in [2.45, 2.75) is 46.3 Å². The van der Waals surface area contributed by atoms with Gasteiger partial charge in [0.2, 0.25) is 0 Å². The van der Waals surface area contributed by atoms with Crippen LogP contribution in [0.4, 0.5) is 0 Å². The molecule has 1 aromatic carbocycles. The first kappa shape index (κ1) is 17.5. The summed E-state index contributed by atoms with van der Waals surface area (Å²) in [6.45, 7) is 8.78. The molecule has 4 heteroatoms. The molecule has 20 heavy (non-hydrogen) atoms. The highest BCUT2D eigenvalue weighted by Crippen LogP contribution is 2.30. The number of halogens is 1. The van der Waals surface area contributed by atoms with Crippen LogP contribution in [-0.2, 0) is 11.2 Å². The lowest BCUT2D eigenvalue weighted by Crippen LogP contribution is -2.41. The zero-order chi connectivity index (χ0) is 15.3. The molecule has 0 fully saturated rings. The smallest absolute Gasteiger partial charge is 0.122 e. The molecule has 2 atom stereocenters. The Morgan fingerprint density at radius 2 is 1.95 bits per heavy atom. The number of aliphatic hydroxyl groups is 1. The highest BCUT2D eigenvalue weighted by molar-refractivity contribution is 9.10. The number of hydrogen-bond acceptors (Lipinski definition) is 3. The van der Waals surface area contributed by atoms with Crippen LogP contribution in [0.15, 0.2) is 22.7 Å². The lowest BCUT2D eigenvalue weighted by atomic mass is 9.83. The second-order valence-electron chi connectivity index (χ2n) is 5.97. The molecular formula is C16H25BrO3. The molecule has 2 unspecified atom stereocenters. The van der Waals surface area contributed by atoms with E-state index in [0.29, 0.717) is 13.0 Å². The summed E-state index contributed by atoms with van der Waals surface area (Å²) in [5, 5.41) is 10.5. The molecule has 114 valence electrons. The van der Waals surface area contributed by atoms with Gasteiger partial charge in [0.25, 0.3) is 0 Å². The highest BCUT2D eigenvalue weighted by atomic mass is 79.9. The minimum atomic E-state index is -0.571. The van der Waals surface area contributed by atoms with E-state index in [1.807, 2.05) is 25.1 Å². The third kappa shape index (κ3) is 4.76. The molecule has 0 aliphatic carbocycles. The summed E-state index contributed by atoms with van der Waals surface area (Å²) in [4.78, 5) is 0. The Bertz CT molecular complexity index is 426. The van der Waals surface area contributed by atoms with Crippen LogP contribution in [0.3, 0.4) is 0 Å². The van der Waals surface area contributed by atoms with E-state index in [1.54, 1.807) is 7.11 Å². The SMILES string of the molecule is CCOC(C(O)Cc1cc(Br)ccc1OC)C(C)(C)C. The fraction of sp³-hybridized carbons (Fsp3) is 0.625. The second kappa shape index (κ2) is 7.43. The third-order valence-electron chi connectivity index (χ3n) is 3.22. The fourth-order valence-corrected chi connectivity index (χ4v) is 2.77. The highest BCUT2D eigenvalue weighted by Gasteiger charge is 2.32. The molecule has 1 N–H and O–H groups in total. The first-order valence-electron chi connectivity index (χ1n) is 6.91. The Kier molecular flexibility index (Phi) is 6.49. The predicted octanol–water partition coefficient (Wildman–Crippen LogP) is 3.81. The summed E-state index contributed by atoms with van der Waals surface area (Å²) in [6, 6.07) is 5.81. The van der Waals surface area contributed by atoms with Crippen LogP contribution in [0.1, 0.15) is 33.3 Å². The third-order valence-corrected chi connectivity index (χ3v) is 3.71. The van der Waals surface area contributed by atoms with Crippen molar-refractivity contribution in [3.05, 3.63) is 28.2 Å². The molecule has 1 aromatic rings. The van der Waals surface area contributed by atoms with Crippen LogP contribution in [0.5, 0.6) is 5.75 Å². The topological polar surface area (TPSA) is 38.7 Å². The first-order chi connectivity index (χ1) is 9.29. The van der Waals surface area contributed by atoms with Gasteiger partial charge in [0.1, 0.15) is 5.75 Å². The van der Waals surface area contributed by atoms with Crippen molar-refractivity contribution in [1.82, 2.24) is 0 Å². The van der Waals surface area contributed by atoms with E-state index in [0.717, 1.165) is 15.8 Å². The van der Waals surface area contributed by atoms with Crippen molar-refractivity contribution in [2.75, 3.05) is 13.7 Å². The molecule has 0 aliphatic rings. The van der Waals surface area contributed by atoms with Crippen molar-refractivity contribution in [3.8, 4) is 5.75 Å². The van der Waals surface area contributed by atoms with E-state index in [-0.39, 0.29) is 11.5 Å². The van der Waals surface area contributed by atoms with Crippen LogP contribution in [-0.4, -0.2) is 31.0 Å². The van der Waals surface area contributed by atoms with E-state index in [9.17, 15) is 5.11 Å². The van der Waals surface area contributed by atoms with Gasteiger partial charge in [-0.3, -0.25) is 0 Å². The fourth-order valence-electron chi connectivity index (χ4n) is 2.36. The molecule has 0 saturated heterocycles. The van der Waals surface area contributed by atoms with Crippen molar-refractivity contribution in [3.63, 3.8) is 0 Å². The van der Waals surface area contributed by atoms with Gasteiger partial charge in [-0.15, -0.1) is 0 Å². The molecule has 0 heterocycles.